The lowest BCUT2D eigenvalue weighted by Gasteiger charge is -2.21. The van der Waals surface area contributed by atoms with Crippen molar-refractivity contribution in [3.8, 4) is 0 Å². The van der Waals surface area contributed by atoms with E-state index in [9.17, 15) is 0 Å². The highest BCUT2D eigenvalue weighted by molar-refractivity contribution is 7.56. The highest BCUT2D eigenvalue weighted by Gasteiger charge is 2.13. The summed E-state index contributed by atoms with van der Waals surface area (Å²) in [5.74, 6) is 0. The number of benzene rings is 1. The van der Waals surface area contributed by atoms with Crippen LogP contribution in [-0.2, 0) is 6.42 Å². The van der Waals surface area contributed by atoms with Crippen molar-refractivity contribution in [1.29, 1.82) is 0 Å². The SMILES string of the molecule is CCCCCCCCCCCC(Cc1ccccc1)P(C)C.Cl. The minimum absolute atomic E-state index is 0. The Morgan fingerprint density at radius 3 is 1.83 bits per heavy atom. The van der Waals surface area contributed by atoms with Crippen LogP contribution in [0.25, 0.3) is 0 Å². The van der Waals surface area contributed by atoms with Gasteiger partial charge in [-0.3, -0.25) is 0 Å². The molecule has 0 bridgehead atoms. The van der Waals surface area contributed by atoms with Crippen LogP contribution >= 0.6 is 20.3 Å². The number of halogens is 1. The highest BCUT2D eigenvalue weighted by Crippen LogP contribution is 2.37. The van der Waals surface area contributed by atoms with Gasteiger partial charge in [-0.2, -0.15) is 0 Å². The van der Waals surface area contributed by atoms with Gasteiger partial charge in [-0.15, -0.1) is 20.3 Å². The summed E-state index contributed by atoms with van der Waals surface area (Å²) in [6.45, 7) is 7.20. The maximum absolute atomic E-state index is 2.46. The van der Waals surface area contributed by atoms with E-state index in [2.05, 4.69) is 50.6 Å². The molecule has 1 aromatic carbocycles. The van der Waals surface area contributed by atoms with Crippen LogP contribution in [0.1, 0.15) is 76.7 Å². The molecular weight excluding hydrogens is 319 g/mol. The smallest absolute Gasteiger partial charge is 0.0174 e. The molecule has 0 spiro atoms. The summed E-state index contributed by atoms with van der Waals surface area (Å²) < 4.78 is 0. The van der Waals surface area contributed by atoms with Gasteiger partial charge in [0.2, 0.25) is 0 Å². The topological polar surface area (TPSA) is 0 Å². The molecule has 1 aromatic rings. The van der Waals surface area contributed by atoms with Gasteiger partial charge >= 0.3 is 0 Å². The first kappa shape index (κ1) is 22.9. The Kier molecular flexibility index (Phi) is 15.4. The van der Waals surface area contributed by atoms with Gasteiger partial charge in [0.05, 0.1) is 0 Å². The predicted octanol–water partition coefficient (Wildman–Crippen LogP) is 7.68. The monoisotopic (exact) mass is 356 g/mol. The van der Waals surface area contributed by atoms with Crippen LogP contribution in [0.4, 0.5) is 0 Å². The van der Waals surface area contributed by atoms with Crippen molar-refractivity contribution in [3.05, 3.63) is 35.9 Å². The summed E-state index contributed by atoms with van der Waals surface area (Å²) in [5, 5.41) is 0. The largest absolute Gasteiger partial charge is 0.147 e. The second-order valence-electron chi connectivity index (χ2n) is 6.92. The molecule has 0 aromatic heterocycles. The zero-order valence-corrected chi connectivity index (χ0v) is 17.3. The van der Waals surface area contributed by atoms with Crippen LogP contribution in [0.3, 0.4) is 0 Å². The Labute approximate surface area is 153 Å². The van der Waals surface area contributed by atoms with Gasteiger partial charge in [0.25, 0.3) is 0 Å². The summed E-state index contributed by atoms with van der Waals surface area (Å²) in [5.41, 5.74) is 2.45. The molecule has 0 amide bonds. The number of unbranched alkanes of at least 4 members (excludes halogenated alkanes) is 8. The zero-order chi connectivity index (χ0) is 16.0. The Bertz CT molecular complexity index is 350. The van der Waals surface area contributed by atoms with E-state index in [-0.39, 0.29) is 20.3 Å². The number of rotatable bonds is 13. The first-order valence-electron chi connectivity index (χ1n) is 9.44. The summed E-state index contributed by atoms with van der Waals surface area (Å²) in [7, 11) is 0.178. The molecule has 2 heteroatoms. The summed E-state index contributed by atoms with van der Waals surface area (Å²) in [4.78, 5) is 0. The average molecular weight is 357 g/mol. The van der Waals surface area contributed by atoms with Gasteiger partial charge in [0.15, 0.2) is 0 Å². The molecule has 1 atom stereocenters. The quantitative estimate of drug-likeness (QED) is 0.251. The Hall–Kier alpha value is -0.0600. The molecule has 0 aliphatic rings. The van der Waals surface area contributed by atoms with Crippen LogP contribution in [0.15, 0.2) is 30.3 Å². The fourth-order valence-electron chi connectivity index (χ4n) is 3.12. The fraction of sp³-hybridized carbons (Fsp3) is 0.714. The van der Waals surface area contributed by atoms with Crippen LogP contribution in [0, 0.1) is 0 Å². The van der Waals surface area contributed by atoms with E-state index >= 15 is 0 Å². The number of hydrogen-bond acceptors (Lipinski definition) is 0. The van der Waals surface area contributed by atoms with E-state index in [1.807, 2.05) is 0 Å². The standard InChI is InChI=1S/C21H37P.ClH/c1-4-5-6-7-8-9-10-11-15-18-21(22(2)3)19-20-16-13-12-14-17-20;/h12-14,16-17,21H,4-11,15,18-19H2,1-3H3;1H. The molecule has 0 fully saturated rings. The first-order chi connectivity index (χ1) is 10.7. The normalized spacial score (nSPS) is 12.2. The molecule has 0 nitrogen and oxygen atoms in total. The van der Waals surface area contributed by atoms with Gasteiger partial charge in [0.1, 0.15) is 0 Å². The van der Waals surface area contributed by atoms with E-state index in [4.69, 9.17) is 0 Å². The van der Waals surface area contributed by atoms with Gasteiger partial charge in [-0.1, -0.05) is 95.0 Å². The molecule has 0 heterocycles. The van der Waals surface area contributed by atoms with Gasteiger partial charge < -0.3 is 0 Å². The average Bonchev–Trinajstić information content (AvgIpc) is 2.53. The fourth-order valence-corrected chi connectivity index (χ4v) is 4.39. The Morgan fingerprint density at radius 1 is 0.783 bits per heavy atom. The van der Waals surface area contributed by atoms with E-state index in [0.29, 0.717) is 0 Å². The third-order valence-corrected chi connectivity index (χ3v) is 6.59. The molecule has 0 N–H and O–H groups in total. The Balaban J connectivity index is 0.00000484. The van der Waals surface area contributed by atoms with Crippen molar-refractivity contribution in [2.75, 3.05) is 13.3 Å². The van der Waals surface area contributed by atoms with Crippen LogP contribution < -0.4 is 0 Å². The van der Waals surface area contributed by atoms with E-state index in [1.165, 1.54) is 76.2 Å². The van der Waals surface area contributed by atoms with Crippen molar-refractivity contribution < 1.29 is 0 Å². The van der Waals surface area contributed by atoms with E-state index in [1.54, 1.807) is 0 Å². The van der Waals surface area contributed by atoms with Gasteiger partial charge in [-0.25, -0.2) is 0 Å². The molecule has 0 radical (unpaired) electrons. The molecule has 0 saturated carbocycles. The molecule has 1 rings (SSSR count). The maximum atomic E-state index is 2.46. The lowest BCUT2D eigenvalue weighted by atomic mass is 10.0. The first-order valence-corrected chi connectivity index (χ1v) is 11.7. The van der Waals surface area contributed by atoms with Crippen molar-refractivity contribution in [3.63, 3.8) is 0 Å². The summed E-state index contributed by atoms with van der Waals surface area (Å²) in [6.07, 6.45) is 15.7. The predicted molar refractivity (Wildman–Crippen MR) is 112 cm³/mol. The van der Waals surface area contributed by atoms with Crippen LogP contribution in [-0.4, -0.2) is 19.0 Å². The summed E-state index contributed by atoms with van der Waals surface area (Å²) in [6, 6.07) is 11.1. The van der Waals surface area contributed by atoms with E-state index in [0.717, 1.165) is 5.66 Å². The maximum Gasteiger partial charge on any atom is -0.0174 e. The third-order valence-electron chi connectivity index (χ3n) is 4.69. The molecule has 1 unspecified atom stereocenters. The second kappa shape index (κ2) is 15.5. The molecule has 0 saturated heterocycles. The van der Waals surface area contributed by atoms with Crippen LogP contribution in [0.2, 0.25) is 0 Å². The molecular formula is C21H38ClP. The molecule has 0 aliphatic heterocycles. The number of hydrogen-bond donors (Lipinski definition) is 0. The highest BCUT2D eigenvalue weighted by atomic mass is 35.5. The summed E-state index contributed by atoms with van der Waals surface area (Å²) >= 11 is 0. The van der Waals surface area contributed by atoms with Gasteiger partial charge in [0, 0.05) is 0 Å². The molecule has 0 aliphatic carbocycles. The third kappa shape index (κ3) is 12.0. The lowest BCUT2D eigenvalue weighted by Crippen LogP contribution is -2.09. The van der Waals surface area contributed by atoms with Crippen LogP contribution in [0.5, 0.6) is 0 Å². The van der Waals surface area contributed by atoms with Crippen molar-refractivity contribution >= 4 is 20.3 Å². The minimum atomic E-state index is 0. The second-order valence-corrected chi connectivity index (χ2v) is 9.58. The molecule has 23 heavy (non-hydrogen) atoms. The van der Waals surface area contributed by atoms with Crippen molar-refractivity contribution in [1.82, 2.24) is 0 Å². The van der Waals surface area contributed by atoms with E-state index < -0.39 is 0 Å². The molecule has 134 valence electrons. The van der Waals surface area contributed by atoms with Gasteiger partial charge in [-0.05, 0) is 37.4 Å². The minimum Gasteiger partial charge on any atom is -0.147 e. The van der Waals surface area contributed by atoms with Crippen molar-refractivity contribution in [2.24, 2.45) is 0 Å². The Morgan fingerprint density at radius 2 is 1.30 bits per heavy atom. The van der Waals surface area contributed by atoms with Crippen molar-refractivity contribution in [2.45, 2.75) is 83.2 Å². The zero-order valence-electron chi connectivity index (χ0n) is 15.6. The lowest BCUT2D eigenvalue weighted by molar-refractivity contribution is 0.551.